The van der Waals surface area contributed by atoms with E-state index in [1.165, 1.54) is 0 Å². The number of aromatic hydroxyl groups is 1. The lowest BCUT2D eigenvalue weighted by atomic mass is 9.85. The quantitative estimate of drug-likeness (QED) is 0.784. The lowest BCUT2D eigenvalue weighted by molar-refractivity contribution is -0.136. The molecule has 0 fully saturated rings. The lowest BCUT2D eigenvalue weighted by Gasteiger charge is -2.21. The summed E-state index contributed by atoms with van der Waals surface area (Å²) in [5.74, 6) is -0.641. The third-order valence-corrected chi connectivity index (χ3v) is 2.22. The average Bonchev–Trinajstić information content (AvgIpc) is 2.05. The van der Waals surface area contributed by atoms with Gasteiger partial charge in [0.05, 0.1) is 6.42 Å². The van der Waals surface area contributed by atoms with E-state index < -0.39 is 5.97 Å². The molecular weight excluding hydrogens is 192 g/mol. The lowest BCUT2D eigenvalue weighted by Crippen LogP contribution is -2.12. The van der Waals surface area contributed by atoms with Gasteiger partial charge in [-0.25, -0.2) is 0 Å². The van der Waals surface area contributed by atoms with Crippen LogP contribution in [-0.4, -0.2) is 16.2 Å². The molecule has 1 aromatic rings. The monoisotopic (exact) mass is 208 g/mol. The average molecular weight is 208 g/mol. The molecule has 0 heterocycles. The molecule has 2 N–H and O–H groups in total. The van der Waals surface area contributed by atoms with E-state index in [4.69, 9.17) is 5.11 Å². The molecule has 0 aliphatic carbocycles. The first kappa shape index (κ1) is 11.6. The predicted molar refractivity (Wildman–Crippen MR) is 58.1 cm³/mol. The molecular formula is C12H16O3. The highest BCUT2D eigenvalue weighted by molar-refractivity contribution is 5.70. The van der Waals surface area contributed by atoms with Crippen LogP contribution in [0.3, 0.4) is 0 Å². The molecule has 0 atom stereocenters. The second-order valence-corrected chi connectivity index (χ2v) is 4.67. The number of hydrogen-bond donors (Lipinski definition) is 2. The van der Waals surface area contributed by atoms with Gasteiger partial charge >= 0.3 is 5.97 Å². The summed E-state index contributed by atoms with van der Waals surface area (Å²) in [6.45, 7) is 5.94. The summed E-state index contributed by atoms with van der Waals surface area (Å²) >= 11 is 0. The van der Waals surface area contributed by atoms with Gasteiger partial charge in [-0.15, -0.1) is 0 Å². The van der Waals surface area contributed by atoms with E-state index in [0.29, 0.717) is 5.56 Å². The summed E-state index contributed by atoms with van der Waals surface area (Å²) in [5.41, 5.74) is 1.31. The number of hydrogen-bond acceptors (Lipinski definition) is 2. The van der Waals surface area contributed by atoms with Gasteiger partial charge in [-0.1, -0.05) is 32.9 Å². The van der Waals surface area contributed by atoms with Crippen molar-refractivity contribution in [2.24, 2.45) is 0 Å². The molecule has 0 saturated carbocycles. The zero-order chi connectivity index (χ0) is 11.6. The Hall–Kier alpha value is -1.51. The van der Waals surface area contributed by atoms with Gasteiger partial charge in [0.1, 0.15) is 5.75 Å². The Kier molecular flexibility index (Phi) is 3.03. The Morgan fingerprint density at radius 3 is 2.40 bits per heavy atom. The number of benzene rings is 1. The first-order valence-electron chi connectivity index (χ1n) is 4.85. The van der Waals surface area contributed by atoms with Crippen LogP contribution in [0.2, 0.25) is 0 Å². The van der Waals surface area contributed by atoms with Gasteiger partial charge in [0.15, 0.2) is 0 Å². The van der Waals surface area contributed by atoms with Crippen LogP contribution in [0.15, 0.2) is 18.2 Å². The van der Waals surface area contributed by atoms with E-state index in [9.17, 15) is 9.90 Å². The van der Waals surface area contributed by atoms with Crippen LogP contribution in [0.4, 0.5) is 0 Å². The van der Waals surface area contributed by atoms with Crippen LogP contribution in [0.1, 0.15) is 31.9 Å². The Balaban J connectivity index is 3.11. The van der Waals surface area contributed by atoms with Crippen molar-refractivity contribution in [2.75, 3.05) is 0 Å². The van der Waals surface area contributed by atoms with Crippen LogP contribution in [-0.2, 0) is 16.6 Å². The Bertz CT molecular complexity index is 375. The summed E-state index contributed by atoms with van der Waals surface area (Å²) in [6, 6.07) is 4.95. The zero-order valence-electron chi connectivity index (χ0n) is 9.24. The molecule has 0 saturated heterocycles. The standard InChI is InChI=1S/C12H16O3/c1-12(2,3)9-6-8(7-11(14)15)4-5-10(9)13/h4-6,13H,7H2,1-3H3,(H,14,15). The second-order valence-electron chi connectivity index (χ2n) is 4.67. The molecule has 1 aromatic carbocycles. The maximum absolute atomic E-state index is 10.6. The minimum Gasteiger partial charge on any atom is -0.508 e. The normalized spacial score (nSPS) is 11.4. The van der Waals surface area contributed by atoms with Crippen molar-refractivity contribution in [3.8, 4) is 5.75 Å². The first-order valence-corrected chi connectivity index (χ1v) is 4.85. The highest BCUT2D eigenvalue weighted by atomic mass is 16.4. The molecule has 1 rings (SSSR count). The van der Waals surface area contributed by atoms with E-state index in [2.05, 4.69) is 0 Å². The molecule has 3 heteroatoms. The highest BCUT2D eigenvalue weighted by Crippen LogP contribution is 2.31. The Morgan fingerprint density at radius 2 is 1.93 bits per heavy atom. The highest BCUT2D eigenvalue weighted by Gasteiger charge is 2.18. The van der Waals surface area contributed by atoms with Crippen molar-refractivity contribution in [3.05, 3.63) is 29.3 Å². The number of phenols is 1. The molecule has 15 heavy (non-hydrogen) atoms. The number of phenolic OH excluding ortho intramolecular Hbond substituents is 1. The third kappa shape index (κ3) is 2.98. The fourth-order valence-corrected chi connectivity index (χ4v) is 1.47. The minimum absolute atomic E-state index is 0.0106. The Morgan fingerprint density at radius 1 is 1.33 bits per heavy atom. The summed E-state index contributed by atoms with van der Waals surface area (Å²) in [4.78, 5) is 10.6. The number of carboxylic acid groups (broad SMARTS) is 1. The van der Waals surface area contributed by atoms with Crippen molar-refractivity contribution in [2.45, 2.75) is 32.6 Å². The van der Waals surface area contributed by atoms with Gasteiger partial charge in [-0.2, -0.15) is 0 Å². The van der Waals surface area contributed by atoms with Crippen molar-refractivity contribution >= 4 is 5.97 Å². The van der Waals surface area contributed by atoms with E-state index in [1.54, 1.807) is 18.2 Å². The minimum atomic E-state index is -0.861. The maximum atomic E-state index is 10.6. The topological polar surface area (TPSA) is 57.5 Å². The SMILES string of the molecule is CC(C)(C)c1cc(CC(=O)O)ccc1O. The number of rotatable bonds is 2. The molecule has 0 radical (unpaired) electrons. The summed E-state index contributed by atoms with van der Waals surface area (Å²) in [7, 11) is 0. The van der Waals surface area contributed by atoms with Crippen LogP contribution >= 0.6 is 0 Å². The van der Waals surface area contributed by atoms with Crippen LogP contribution in [0.25, 0.3) is 0 Å². The van der Waals surface area contributed by atoms with Crippen molar-refractivity contribution in [3.63, 3.8) is 0 Å². The summed E-state index contributed by atoms with van der Waals surface area (Å²) in [6.07, 6.45) is -0.0106. The molecule has 0 amide bonds. The molecule has 82 valence electrons. The van der Waals surface area contributed by atoms with Crippen molar-refractivity contribution in [1.29, 1.82) is 0 Å². The van der Waals surface area contributed by atoms with Gasteiger partial charge in [-0.05, 0) is 22.6 Å². The predicted octanol–water partition coefficient (Wildman–Crippen LogP) is 2.32. The maximum Gasteiger partial charge on any atom is 0.307 e. The molecule has 0 bridgehead atoms. The van der Waals surface area contributed by atoms with Crippen LogP contribution in [0, 0.1) is 0 Å². The molecule has 0 aliphatic heterocycles. The van der Waals surface area contributed by atoms with Gasteiger partial charge in [0.2, 0.25) is 0 Å². The van der Waals surface area contributed by atoms with Gasteiger partial charge in [0, 0.05) is 0 Å². The van der Waals surface area contributed by atoms with E-state index in [1.807, 2.05) is 20.8 Å². The largest absolute Gasteiger partial charge is 0.508 e. The Labute approximate surface area is 89.4 Å². The zero-order valence-corrected chi connectivity index (χ0v) is 9.24. The number of aliphatic carboxylic acids is 1. The summed E-state index contributed by atoms with van der Waals surface area (Å²) < 4.78 is 0. The molecule has 0 aliphatic rings. The molecule has 0 aromatic heterocycles. The number of carboxylic acids is 1. The number of carbonyl (C=O) groups is 1. The fourth-order valence-electron chi connectivity index (χ4n) is 1.47. The van der Waals surface area contributed by atoms with Gasteiger partial charge in [0.25, 0.3) is 0 Å². The molecule has 3 nitrogen and oxygen atoms in total. The van der Waals surface area contributed by atoms with Gasteiger partial charge < -0.3 is 10.2 Å². The smallest absolute Gasteiger partial charge is 0.307 e. The first-order chi connectivity index (χ1) is 6.80. The summed E-state index contributed by atoms with van der Waals surface area (Å²) in [5, 5.41) is 18.3. The van der Waals surface area contributed by atoms with Crippen LogP contribution in [0.5, 0.6) is 5.75 Å². The van der Waals surface area contributed by atoms with Crippen molar-refractivity contribution in [1.82, 2.24) is 0 Å². The fraction of sp³-hybridized carbons (Fsp3) is 0.417. The van der Waals surface area contributed by atoms with Gasteiger partial charge in [-0.3, -0.25) is 4.79 Å². The van der Waals surface area contributed by atoms with Crippen molar-refractivity contribution < 1.29 is 15.0 Å². The van der Waals surface area contributed by atoms with E-state index in [-0.39, 0.29) is 17.6 Å². The third-order valence-electron chi connectivity index (χ3n) is 2.22. The van der Waals surface area contributed by atoms with E-state index >= 15 is 0 Å². The van der Waals surface area contributed by atoms with Crippen LogP contribution < -0.4 is 0 Å². The molecule has 0 spiro atoms. The van der Waals surface area contributed by atoms with E-state index in [0.717, 1.165) is 5.56 Å². The second kappa shape index (κ2) is 3.93. The molecule has 0 unspecified atom stereocenters.